The van der Waals surface area contributed by atoms with Crippen molar-refractivity contribution in [3.63, 3.8) is 0 Å². The molecule has 0 spiro atoms. The summed E-state index contributed by atoms with van der Waals surface area (Å²) in [6, 6.07) is 1.69. The molecule has 116 valence electrons. The lowest BCUT2D eigenvalue weighted by Gasteiger charge is -2.38. The number of nitrogens with zero attached hydrogens (tertiary/aromatic N) is 3. The highest BCUT2D eigenvalue weighted by Gasteiger charge is 2.39. The third-order valence-electron chi connectivity index (χ3n) is 3.61. The first kappa shape index (κ1) is 15.5. The standard InChI is InChI=1S/C15H24N4O2/c1-10(2)19-7-6-11(17-19)8-18-9-12(20)16-13(14(18)21)15(3,4)5/h6-7,10,13H,8-9H2,1-5H3,(H,16,20). The molecule has 21 heavy (non-hydrogen) atoms. The number of amides is 2. The maximum atomic E-state index is 12.5. The molecule has 1 aliphatic rings. The highest BCUT2D eigenvalue weighted by Crippen LogP contribution is 2.24. The van der Waals surface area contributed by atoms with Gasteiger partial charge in [-0.25, -0.2) is 0 Å². The van der Waals surface area contributed by atoms with Gasteiger partial charge in [-0.1, -0.05) is 20.8 Å². The second-order valence-electron chi connectivity index (χ2n) is 6.94. The molecule has 1 fully saturated rings. The first-order chi connectivity index (χ1) is 9.68. The van der Waals surface area contributed by atoms with Crippen molar-refractivity contribution in [2.24, 2.45) is 5.41 Å². The van der Waals surface area contributed by atoms with Crippen LogP contribution < -0.4 is 5.32 Å². The molecule has 1 saturated heterocycles. The van der Waals surface area contributed by atoms with Crippen LogP contribution in [0.4, 0.5) is 0 Å². The van der Waals surface area contributed by atoms with Crippen LogP contribution in [-0.4, -0.2) is 39.1 Å². The zero-order valence-corrected chi connectivity index (χ0v) is 13.4. The van der Waals surface area contributed by atoms with E-state index in [4.69, 9.17) is 0 Å². The zero-order chi connectivity index (χ0) is 15.8. The van der Waals surface area contributed by atoms with Gasteiger partial charge < -0.3 is 10.2 Å². The normalized spacial score (nSPS) is 20.1. The van der Waals surface area contributed by atoms with Gasteiger partial charge in [-0.15, -0.1) is 0 Å². The van der Waals surface area contributed by atoms with Crippen molar-refractivity contribution in [2.75, 3.05) is 6.54 Å². The Bertz CT molecular complexity index is 542. The number of carbonyl (C=O) groups excluding carboxylic acids is 2. The average molecular weight is 292 g/mol. The summed E-state index contributed by atoms with van der Waals surface area (Å²) in [5.41, 5.74) is 0.502. The van der Waals surface area contributed by atoms with Gasteiger partial charge in [0.1, 0.15) is 12.6 Å². The highest BCUT2D eigenvalue weighted by atomic mass is 16.2. The Balaban J connectivity index is 2.14. The van der Waals surface area contributed by atoms with Crippen LogP contribution in [0, 0.1) is 5.41 Å². The van der Waals surface area contributed by atoms with Crippen LogP contribution in [0.2, 0.25) is 0 Å². The molecule has 0 aromatic carbocycles. The van der Waals surface area contributed by atoms with Gasteiger partial charge in [0.05, 0.1) is 12.2 Å². The molecule has 0 bridgehead atoms. The van der Waals surface area contributed by atoms with Crippen LogP contribution >= 0.6 is 0 Å². The molecule has 1 N–H and O–H groups in total. The van der Waals surface area contributed by atoms with Crippen LogP contribution in [0.15, 0.2) is 12.3 Å². The maximum absolute atomic E-state index is 12.5. The third-order valence-corrected chi connectivity index (χ3v) is 3.61. The van der Waals surface area contributed by atoms with Crippen molar-refractivity contribution in [1.29, 1.82) is 0 Å². The van der Waals surface area contributed by atoms with E-state index in [0.29, 0.717) is 6.54 Å². The number of hydrogen-bond donors (Lipinski definition) is 1. The Morgan fingerprint density at radius 1 is 1.38 bits per heavy atom. The highest BCUT2D eigenvalue weighted by molar-refractivity contribution is 5.95. The number of aromatic nitrogens is 2. The van der Waals surface area contributed by atoms with E-state index in [0.717, 1.165) is 5.69 Å². The van der Waals surface area contributed by atoms with Crippen LogP contribution in [0.5, 0.6) is 0 Å². The number of rotatable bonds is 3. The van der Waals surface area contributed by atoms with E-state index < -0.39 is 6.04 Å². The molecule has 1 aromatic rings. The molecule has 2 amide bonds. The Morgan fingerprint density at radius 3 is 2.57 bits per heavy atom. The largest absolute Gasteiger partial charge is 0.342 e. The van der Waals surface area contributed by atoms with E-state index in [1.54, 1.807) is 4.90 Å². The van der Waals surface area contributed by atoms with Gasteiger partial charge in [-0.3, -0.25) is 14.3 Å². The lowest BCUT2D eigenvalue weighted by molar-refractivity contribution is -0.148. The molecule has 2 heterocycles. The van der Waals surface area contributed by atoms with Crippen molar-refractivity contribution in [1.82, 2.24) is 20.0 Å². The second kappa shape index (κ2) is 5.50. The second-order valence-corrected chi connectivity index (χ2v) is 6.94. The fraction of sp³-hybridized carbons (Fsp3) is 0.667. The number of carbonyl (C=O) groups is 2. The van der Waals surface area contributed by atoms with Gasteiger partial charge in [-0.2, -0.15) is 5.10 Å². The fourth-order valence-electron chi connectivity index (χ4n) is 2.37. The minimum Gasteiger partial charge on any atom is -0.342 e. The quantitative estimate of drug-likeness (QED) is 0.914. The molecular weight excluding hydrogens is 268 g/mol. The Hall–Kier alpha value is -1.85. The summed E-state index contributed by atoms with van der Waals surface area (Å²) < 4.78 is 1.85. The zero-order valence-electron chi connectivity index (χ0n) is 13.4. The number of piperazine rings is 1. The summed E-state index contributed by atoms with van der Waals surface area (Å²) in [6.07, 6.45) is 1.90. The summed E-state index contributed by atoms with van der Waals surface area (Å²) in [5, 5.41) is 7.23. The average Bonchev–Trinajstić information content (AvgIpc) is 2.80. The Labute approximate surface area is 125 Å². The third kappa shape index (κ3) is 3.43. The van der Waals surface area contributed by atoms with Crippen LogP contribution in [0.25, 0.3) is 0 Å². The van der Waals surface area contributed by atoms with Crippen LogP contribution in [-0.2, 0) is 16.1 Å². The first-order valence-electron chi connectivity index (χ1n) is 7.30. The van der Waals surface area contributed by atoms with Crippen molar-refractivity contribution < 1.29 is 9.59 Å². The Kier molecular flexibility index (Phi) is 4.07. The topological polar surface area (TPSA) is 67.2 Å². The molecule has 2 rings (SSSR count). The van der Waals surface area contributed by atoms with Crippen LogP contribution in [0.3, 0.4) is 0 Å². The molecule has 0 radical (unpaired) electrons. The predicted octanol–water partition coefficient (Wildman–Crippen LogP) is 1.34. The van der Waals surface area contributed by atoms with E-state index in [2.05, 4.69) is 10.4 Å². The lowest BCUT2D eigenvalue weighted by atomic mass is 9.85. The van der Waals surface area contributed by atoms with E-state index in [9.17, 15) is 9.59 Å². The smallest absolute Gasteiger partial charge is 0.246 e. The van der Waals surface area contributed by atoms with Crippen LogP contribution in [0.1, 0.15) is 46.4 Å². The van der Waals surface area contributed by atoms with E-state index in [1.165, 1.54) is 0 Å². The van der Waals surface area contributed by atoms with Gasteiger partial charge in [0.15, 0.2) is 0 Å². The minimum absolute atomic E-state index is 0.0406. The lowest BCUT2D eigenvalue weighted by Crippen LogP contribution is -2.61. The van der Waals surface area contributed by atoms with E-state index in [1.807, 2.05) is 51.6 Å². The molecule has 0 saturated carbocycles. The van der Waals surface area contributed by atoms with Crippen molar-refractivity contribution in [3.8, 4) is 0 Å². The van der Waals surface area contributed by atoms with Crippen molar-refractivity contribution >= 4 is 11.8 Å². The molecular formula is C15H24N4O2. The number of hydrogen-bond acceptors (Lipinski definition) is 3. The van der Waals surface area contributed by atoms with Gasteiger partial charge in [0.2, 0.25) is 11.8 Å². The van der Waals surface area contributed by atoms with Gasteiger partial charge >= 0.3 is 0 Å². The van der Waals surface area contributed by atoms with Gasteiger partial charge in [-0.05, 0) is 25.3 Å². The fourth-order valence-corrected chi connectivity index (χ4v) is 2.37. The van der Waals surface area contributed by atoms with E-state index >= 15 is 0 Å². The summed E-state index contributed by atoms with van der Waals surface area (Å²) >= 11 is 0. The molecule has 0 aliphatic carbocycles. The van der Waals surface area contributed by atoms with Gasteiger partial charge in [0.25, 0.3) is 0 Å². The summed E-state index contributed by atoms with van der Waals surface area (Å²) in [5.74, 6) is -0.154. The SMILES string of the molecule is CC(C)n1ccc(CN2CC(=O)NC(C(C)(C)C)C2=O)n1. The molecule has 1 unspecified atom stereocenters. The summed E-state index contributed by atoms with van der Waals surface area (Å²) in [7, 11) is 0. The molecule has 6 nitrogen and oxygen atoms in total. The number of nitrogens with one attached hydrogen (secondary N) is 1. The predicted molar refractivity (Wildman–Crippen MR) is 79.4 cm³/mol. The first-order valence-corrected chi connectivity index (χ1v) is 7.30. The summed E-state index contributed by atoms with van der Waals surface area (Å²) in [6.45, 7) is 10.4. The molecule has 1 atom stereocenters. The molecule has 1 aliphatic heterocycles. The minimum atomic E-state index is -0.481. The van der Waals surface area contributed by atoms with E-state index in [-0.39, 0.29) is 29.8 Å². The monoisotopic (exact) mass is 292 g/mol. The summed E-state index contributed by atoms with van der Waals surface area (Å²) in [4.78, 5) is 26.0. The molecule has 6 heteroatoms. The maximum Gasteiger partial charge on any atom is 0.246 e. The van der Waals surface area contributed by atoms with Gasteiger partial charge in [0, 0.05) is 12.2 Å². The van der Waals surface area contributed by atoms with Crippen molar-refractivity contribution in [2.45, 2.75) is 53.2 Å². The Morgan fingerprint density at radius 2 is 2.05 bits per heavy atom. The molecule has 1 aromatic heterocycles. The van der Waals surface area contributed by atoms with Crippen molar-refractivity contribution in [3.05, 3.63) is 18.0 Å².